The van der Waals surface area contributed by atoms with Crippen LogP contribution in [-0.4, -0.2) is 9.97 Å². The molecule has 0 saturated carbocycles. The van der Waals surface area contributed by atoms with Crippen molar-refractivity contribution in [3.8, 4) is 22.4 Å². The molecule has 0 atom stereocenters. The van der Waals surface area contributed by atoms with Gasteiger partial charge in [0.05, 0.1) is 11.2 Å². The van der Waals surface area contributed by atoms with Crippen LogP contribution in [0, 0.1) is 0 Å². The normalized spacial score (nSPS) is 11.7. The Morgan fingerprint density at radius 3 is 1.80 bits per heavy atom. The van der Waals surface area contributed by atoms with Gasteiger partial charge in [0.1, 0.15) is 0 Å². The van der Waals surface area contributed by atoms with Gasteiger partial charge in [0, 0.05) is 55.6 Å². The number of aromatic nitrogens is 2. The molecule has 0 unspecified atom stereocenters. The van der Waals surface area contributed by atoms with Gasteiger partial charge in [-0.15, -0.1) is 0 Å². The molecule has 6 aromatic carbocycles. The molecule has 0 aliphatic rings. The molecular formula is C40H27N2OP. The van der Waals surface area contributed by atoms with E-state index in [2.05, 4.69) is 71.7 Å². The molecule has 44 heavy (non-hydrogen) atoms. The Kier molecular flexibility index (Phi) is 6.40. The molecule has 0 amide bonds. The van der Waals surface area contributed by atoms with E-state index < -0.39 is 7.14 Å². The predicted octanol–water partition coefficient (Wildman–Crippen LogP) is 8.91. The second-order valence-corrected chi connectivity index (χ2v) is 13.7. The predicted molar refractivity (Wildman–Crippen MR) is 185 cm³/mol. The van der Waals surface area contributed by atoms with E-state index in [0.717, 1.165) is 60.0 Å². The number of fused-ring (bicyclic) bond motifs is 5. The van der Waals surface area contributed by atoms with Gasteiger partial charge in [-0.3, -0.25) is 4.98 Å². The summed E-state index contributed by atoms with van der Waals surface area (Å²) in [5.41, 5.74) is 4.88. The minimum atomic E-state index is -3.16. The molecule has 0 fully saturated rings. The zero-order valence-corrected chi connectivity index (χ0v) is 24.7. The Morgan fingerprint density at radius 1 is 0.477 bits per heavy atom. The van der Waals surface area contributed by atoms with Crippen molar-refractivity contribution < 1.29 is 4.57 Å². The van der Waals surface area contributed by atoms with E-state index in [1.165, 1.54) is 10.8 Å². The van der Waals surface area contributed by atoms with E-state index in [0.29, 0.717) is 0 Å². The average Bonchev–Trinajstić information content (AvgIpc) is 3.11. The molecule has 0 spiro atoms. The van der Waals surface area contributed by atoms with E-state index in [1.807, 2.05) is 91.1 Å². The molecule has 8 aromatic rings. The average molecular weight is 583 g/mol. The summed E-state index contributed by atoms with van der Waals surface area (Å²) in [5.74, 6) is 0. The van der Waals surface area contributed by atoms with Gasteiger partial charge in [0.15, 0.2) is 7.14 Å². The number of rotatable bonds is 5. The Hall–Kier alpha value is -5.37. The minimum Gasteiger partial charge on any atom is -0.309 e. The molecule has 8 rings (SSSR count). The van der Waals surface area contributed by atoms with Crippen LogP contribution >= 0.6 is 7.14 Å². The number of nitrogens with zero attached hydrogens (tertiary/aromatic N) is 2. The summed E-state index contributed by atoms with van der Waals surface area (Å²) >= 11 is 0. The molecular weight excluding hydrogens is 555 g/mol. The van der Waals surface area contributed by atoms with E-state index >= 15 is 4.57 Å². The second kappa shape index (κ2) is 10.7. The van der Waals surface area contributed by atoms with Crippen molar-refractivity contribution in [3.05, 3.63) is 164 Å². The molecule has 0 aliphatic carbocycles. The smallest absolute Gasteiger partial charge is 0.171 e. The van der Waals surface area contributed by atoms with Crippen LogP contribution in [0.25, 0.3) is 54.8 Å². The van der Waals surface area contributed by atoms with Crippen LogP contribution in [-0.2, 0) is 4.57 Å². The molecule has 4 heteroatoms. The summed E-state index contributed by atoms with van der Waals surface area (Å²) in [6.07, 6.45) is 3.72. The van der Waals surface area contributed by atoms with Gasteiger partial charge in [0.25, 0.3) is 0 Å². The molecule has 0 N–H and O–H groups in total. The van der Waals surface area contributed by atoms with Crippen molar-refractivity contribution in [2.24, 2.45) is 0 Å². The number of pyridine rings is 2. The van der Waals surface area contributed by atoms with Crippen LogP contribution in [0.15, 0.2) is 164 Å². The SMILES string of the molecule is O=P(c1ccccc1)(c1ccccc1)c1cccc(-c2nc3ccccc3c3c2cc(-c2cccnc2)c2ccccc23)c1. The van der Waals surface area contributed by atoms with Crippen LogP contribution in [0.4, 0.5) is 0 Å². The second-order valence-electron chi connectivity index (χ2n) is 10.9. The topological polar surface area (TPSA) is 42.9 Å². The lowest BCUT2D eigenvalue weighted by molar-refractivity contribution is 0.592. The van der Waals surface area contributed by atoms with Gasteiger partial charge < -0.3 is 4.57 Å². The van der Waals surface area contributed by atoms with Crippen molar-refractivity contribution >= 4 is 55.5 Å². The summed E-state index contributed by atoms with van der Waals surface area (Å²) in [6, 6.07) is 51.0. The maximum Gasteiger partial charge on any atom is 0.171 e. The molecule has 0 radical (unpaired) electrons. The highest BCUT2D eigenvalue weighted by atomic mass is 31.2. The highest BCUT2D eigenvalue weighted by molar-refractivity contribution is 7.85. The van der Waals surface area contributed by atoms with Gasteiger partial charge in [-0.1, -0.05) is 127 Å². The summed E-state index contributed by atoms with van der Waals surface area (Å²) in [7, 11) is -3.16. The quantitative estimate of drug-likeness (QED) is 0.150. The Morgan fingerprint density at radius 2 is 1.09 bits per heavy atom. The van der Waals surface area contributed by atoms with Crippen LogP contribution in [0.2, 0.25) is 0 Å². The third kappa shape index (κ3) is 4.25. The van der Waals surface area contributed by atoms with Crippen LogP contribution in [0.1, 0.15) is 0 Å². The number of hydrogen-bond donors (Lipinski definition) is 0. The summed E-state index contributed by atoms with van der Waals surface area (Å²) in [6.45, 7) is 0. The first-order valence-electron chi connectivity index (χ1n) is 14.7. The summed E-state index contributed by atoms with van der Waals surface area (Å²) in [4.78, 5) is 9.71. The van der Waals surface area contributed by atoms with E-state index in [4.69, 9.17) is 4.98 Å². The first kappa shape index (κ1) is 26.3. The van der Waals surface area contributed by atoms with Crippen molar-refractivity contribution in [1.29, 1.82) is 0 Å². The van der Waals surface area contributed by atoms with Gasteiger partial charge >= 0.3 is 0 Å². The van der Waals surface area contributed by atoms with E-state index in [9.17, 15) is 0 Å². The summed E-state index contributed by atoms with van der Waals surface area (Å²) < 4.78 is 15.3. The number of para-hydroxylation sites is 1. The lowest BCUT2D eigenvalue weighted by Crippen LogP contribution is -2.25. The number of benzene rings is 6. The fraction of sp³-hybridized carbons (Fsp3) is 0. The molecule has 0 aliphatic heterocycles. The molecule has 208 valence electrons. The summed E-state index contributed by atoms with van der Waals surface area (Å²) in [5, 5.41) is 8.05. The van der Waals surface area contributed by atoms with Crippen molar-refractivity contribution in [3.63, 3.8) is 0 Å². The lowest BCUT2D eigenvalue weighted by atomic mass is 9.90. The monoisotopic (exact) mass is 582 g/mol. The highest BCUT2D eigenvalue weighted by Gasteiger charge is 2.30. The van der Waals surface area contributed by atoms with Crippen LogP contribution < -0.4 is 15.9 Å². The van der Waals surface area contributed by atoms with E-state index in [1.54, 1.807) is 6.20 Å². The maximum absolute atomic E-state index is 15.3. The van der Waals surface area contributed by atoms with Crippen LogP contribution in [0.5, 0.6) is 0 Å². The van der Waals surface area contributed by atoms with Crippen molar-refractivity contribution in [1.82, 2.24) is 9.97 Å². The highest BCUT2D eigenvalue weighted by Crippen LogP contribution is 2.45. The number of hydrogen-bond acceptors (Lipinski definition) is 3. The van der Waals surface area contributed by atoms with Gasteiger partial charge in [-0.2, -0.15) is 0 Å². The van der Waals surface area contributed by atoms with E-state index in [-0.39, 0.29) is 0 Å². The van der Waals surface area contributed by atoms with Crippen molar-refractivity contribution in [2.75, 3.05) is 0 Å². The largest absolute Gasteiger partial charge is 0.309 e. The first-order valence-corrected chi connectivity index (χ1v) is 16.4. The molecule has 2 aromatic heterocycles. The van der Waals surface area contributed by atoms with Gasteiger partial charge in [-0.25, -0.2) is 4.98 Å². The third-order valence-electron chi connectivity index (χ3n) is 8.40. The van der Waals surface area contributed by atoms with Gasteiger partial charge in [-0.05, 0) is 40.6 Å². The zero-order chi connectivity index (χ0) is 29.5. The standard InChI is InChI=1S/C40H27N2OP/c43-44(30-15-3-1-4-16-30,31-17-5-2-6-18-31)32-19-11-13-28(25-32)40-37-26-36(29-14-12-24-41-27-29)33-20-7-8-21-34(33)39(37)35-22-9-10-23-38(35)42-40/h1-27H. The lowest BCUT2D eigenvalue weighted by Gasteiger charge is -2.21. The van der Waals surface area contributed by atoms with Crippen LogP contribution in [0.3, 0.4) is 0 Å². The molecule has 0 saturated heterocycles. The Bertz CT molecular complexity index is 2310. The fourth-order valence-corrected chi connectivity index (χ4v) is 9.06. The Balaban J connectivity index is 1.46. The van der Waals surface area contributed by atoms with Crippen molar-refractivity contribution in [2.45, 2.75) is 0 Å². The Labute approximate surface area is 255 Å². The third-order valence-corrected chi connectivity index (χ3v) is 11.5. The molecule has 2 heterocycles. The van der Waals surface area contributed by atoms with Gasteiger partial charge in [0.2, 0.25) is 0 Å². The molecule has 0 bridgehead atoms. The molecule has 3 nitrogen and oxygen atoms in total. The fourth-order valence-electron chi connectivity index (χ4n) is 6.37. The maximum atomic E-state index is 15.3. The minimum absolute atomic E-state index is 0.781. The zero-order valence-electron chi connectivity index (χ0n) is 23.8. The first-order chi connectivity index (χ1) is 21.7.